The van der Waals surface area contributed by atoms with Crippen LogP contribution in [-0.2, 0) is 0 Å². The van der Waals surface area contributed by atoms with E-state index in [9.17, 15) is 5.26 Å². The Morgan fingerprint density at radius 3 is 2.39 bits per heavy atom. The number of ether oxygens (including phenoxy) is 1. The van der Waals surface area contributed by atoms with Crippen molar-refractivity contribution in [1.82, 2.24) is 4.98 Å². The highest BCUT2D eigenvalue weighted by atomic mass is 16.5. The van der Waals surface area contributed by atoms with Crippen LogP contribution in [0.2, 0.25) is 0 Å². The summed E-state index contributed by atoms with van der Waals surface area (Å²) in [6, 6.07) is 12.1. The summed E-state index contributed by atoms with van der Waals surface area (Å²) in [5, 5.41) is 9.22. The van der Waals surface area contributed by atoms with Crippen LogP contribution in [-0.4, -0.2) is 12.1 Å². The number of hydrogen-bond acceptors (Lipinski definition) is 3. The fourth-order valence-corrected chi connectivity index (χ4v) is 2.13. The number of benzene rings is 1. The second kappa shape index (κ2) is 4.89. The Morgan fingerprint density at radius 1 is 1.17 bits per heavy atom. The molecule has 2 rings (SSSR count). The van der Waals surface area contributed by atoms with Crippen molar-refractivity contribution in [2.45, 2.75) is 13.8 Å². The lowest BCUT2D eigenvalue weighted by Crippen LogP contribution is -2.00. The van der Waals surface area contributed by atoms with Crippen LogP contribution < -0.4 is 4.74 Å². The minimum atomic E-state index is 0.396. The molecule has 0 bridgehead atoms. The molecule has 18 heavy (non-hydrogen) atoms. The fraction of sp³-hybridized carbons (Fsp3) is 0.200. The maximum atomic E-state index is 9.22. The number of rotatable bonds is 2. The van der Waals surface area contributed by atoms with E-state index in [4.69, 9.17) is 4.74 Å². The van der Waals surface area contributed by atoms with Crippen molar-refractivity contribution in [2.24, 2.45) is 0 Å². The maximum Gasteiger partial charge on any atom is 0.231 e. The van der Waals surface area contributed by atoms with Crippen molar-refractivity contribution in [3.63, 3.8) is 0 Å². The molecule has 0 unspecified atom stereocenters. The third-order valence-electron chi connectivity index (χ3n) is 2.96. The highest BCUT2D eigenvalue weighted by molar-refractivity contribution is 5.73. The highest BCUT2D eigenvalue weighted by Crippen LogP contribution is 2.31. The Bertz CT molecular complexity index is 613. The molecule has 0 saturated heterocycles. The number of aromatic nitrogens is 1. The van der Waals surface area contributed by atoms with E-state index in [-0.39, 0.29) is 0 Å². The lowest BCUT2D eigenvalue weighted by molar-refractivity contribution is 0.395. The first kappa shape index (κ1) is 12.1. The molecule has 2 aromatic rings. The molecule has 0 fully saturated rings. The SMILES string of the molecule is COc1nc(C)c(-c2ccccc2)c(C)c1C#N. The van der Waals surface area contributed by atoms with Gasteiger partial charge >= 0.3 is 0 Å². The van der Waals surface area contributed by atoms with Gasteiger partial charge in [-0.05, 0) is 25.0 Å². The third-order valence-corrected chi connectivity index (χ3v) is 2.96. The molecule has 0 radical (unpaired) electrons. The molecular weight excluding hydrogens is 224 g/mol. The zero-order valence-corrected chi connectivity index (χ0v) is 10.7. The van der Waals surface area contributed by atoms with Crippen molar-refractivity contribution in [2.75, 3.05) is 7.11 Å². The predicted octanol–water partition coefficient (Wildman–Crippen LogP) is 3.25. The molecule has 1 aromatic carbocycles. The Morgan fingerprint density at radius 2 is 1.83 bits per heavy atom. The first-order valence-electron chi connectivity index (χ1n) is 5.69. The molecule has 3 nitrogen and oxygen atoms in total. The average molecular weight is 238 g/mol. The van der Waals surface area contributed by atoms with E-state index in [1.807, 2.05) is 44.2 Å². The first-order chi connectivity index (χ1) is 8.69. The van der Waals surface area contributed by atoms with Crippen LogP contribution >= 0.6 is 0 Å². The molecule has 0 aliphatic rings. The van der Waals surface area contributed by atoms with Gasteiger partial charge in [0.2, 0.25) is 5.88 Å². The normalized spacial score (nSPS) is 9.89. The molecule has 1 heterocycles. The summed E-state index contributed by atoms with van der Waals surface area (Å²) in [7, 11) is 1.53. The quantitative estimate of drug-likeness (QED) is 0.806. The van der Waals surface area contributed by atoms with Gasteiger partial charge in [0.15, 0.2) is 0 Å². The summed E-state index contributed by atoms with van der Waals surface area (Å²) >= 11 is 0. The van der Waals surface area contributed by atoms with E-state index >= 15 is 0 Å². The van der Waals surface area contributed by atoms with Crippen LogP contribution in [0.4, 0.5) is 0 Å². The van der Waals surface area contributed by atoms with Gasteiger partial charge in [0.25, 0.3) is 0 Å². The van der Waals surface area contributed by atoms with Gasteiger partial charge < -0.3 is 4.74 Å². The third kappa shape index (κ3) is 1.93. The van der Waals surface area contributed by atoms with Crippen molar-refractivity contribution in [1.29, 1.82) is 5.26 Å². The van der Waals surface area contributed by atoms with Crippen LogP contribution in [0.3, 0.4) is 0 Å². The zero-order chi connectivity index (χ0) is 13.1. The van der Waals surface area contributed by atoms with E-state index in [1.54, 1.807) is 0 Å². The number of nitrogens with zero attached hydrogens (tertiary/aromatic N) is 2. The van der Waals surface area contributed by atoms with Crippen molar-refractivity contribution in [3.05, 3.63) is 47.2 Å². The van der Waals surface area contributed by atoms with Gasteiger partial charge in [0.1, 0.15) is 11.6 Å². The minimum absolute atomic E-state index is 0.396. The Balaban J connectivity index is 2.74. The number of hydrogen-bond donors (Lipinski definition) is 0. The van der Waals surface area contributed by atoms with Gasteiger partial charge in [0.05, 0.1) is 7.11 Å². The minimum Gasteiger partial charge on any atom is -0.480 e. The van der Waals surface area contributed by atoms with Gasteiger partial charge in [-0.25, -0.2) is 4.98 Å². The maximum absolute atomic E-state index is 9.22. The lowest BCUT2D eigenvalue weighted by atomic mass is 9.96. The smallest absolute Gasteiger partial charge is 0.231 e. The molecule has 90 valence electrons. The molecule has 1 aromatic heterocycles. The number of nitriles is 1. The van der Waals surface area contributed by atoms with E-state index in [0.29, 0.717) is 11.4 Å². The summed E-state index contributed by atoms with van der Waals surface area (Å²) < 4.78 is 5.16. The molecule has 0 atom stereocenters. The number of aryl methyl sites for hydroxylation is 1. The monoisotopic (exact) mass is 238 g/mol. The van der Waals surface area contributed by atoms with Gasteiger partial charge in [-0.2, -0.15) is 5.26 Å². The summed E-state index contributed by atoms with van der Waals surface area (Å²) in [5.41, 5.74) is 4.36. The number of pyridine rings is 1. The van der Waals surface area contributed by atoms with Gasteiger partial charge in [-0.15, -0.1) is 0 Å². The molecule has 0 saturated carbocycles. The van der Waals surface area contributed by atoms with Crippen LogP contribution in [0, 0.1) is 25.2 Å². The summed E-state index contributed by atoms with van der Waals surface area (Å²) in [5.74, 6) is 0.396. The van der Waals surface area contributed by atoms with Crippen molar-refractivity contribution in [3.8, 4) is 23.1 Å². The van der Waals surface area contributed by atoms with Gasteiger partial charge in [0, 0.05) is 11.3 Å². The largest absolute Gasteiger partial charge is 0.480 e. The fourth-order valence-electron chi connectivity index (χ4n) is 2.13. The molecule has 0 aliphatic carbocycles. The molecule has 0 N–H and O–H groups in total. The highest BCUT2D eigenvalue weighted by Gasteiger charge is 2.16. The van der Waals surface area contributed by atoms with Crippen LogP contribution in [0.25, 0.3) is 11.1 Å². The Labute approximate surface area is 107 Å². The van der Waals surface area contributed by atoms with Crippen LogP contribution in [0.1, 0.15) is 16.8 Å². The zero-order valence-electron chi connectivity index (χ0n) is 10.7. The van der Waals surface area contributed by atoms with Crippen molar-refractivity contribution < 1.29 is 4.74 Å². The summed E-state index contributed by atoms with van der Waals surface area (Å²) in [6.07, 6.45) is 0. The lowest BCUT2D eigenvalue weighted by Gasteiger charge is -2.13. The average Bonchev–Trinajstić information content (AvgIpc) is 2.39. The Kier molecular flexibility index (Phi) is 3.29. The van der Waals surface area contributed by atoms with E-state index < -0.39 is 0 Å². The first-order valence-corrected chi connectivity index (χ1v) is 5.69. The second-order valence-corrected chi connectivity index (χ2v) is 4.06. The Hall–Kier alpha value is -2.34. The predicted molar refractivity (Wildman–Crippen MR) is 70.4 cm³/mol. The van der Waals surface area contributed by atoms with E-state index in [1.165, 1.54) is 7.11 Å². The van der Waals surface area contributed by atoms with Gasteiger partial charge in [-0.1, -0.05) is 30.3 Å². The van der Waals surface area contributed by atoms with E-state index in [0.717, 1.165) is 22.4 Å². The molecule has 0 aliphatic heterocycles. The molecule has 0 amide bonds. The van der Waals surface area contributed by atoms with Crippen LogP contribution in [0.5, 0.6) is 5.88 Å². The molecule has 3 heteroatoms. The topological polar surface area (TPSA) is 45.9 Å². The van der Waals surface area contributed by atoms with Crippen LogP contribution in [0.15, 0.2) is 30.3 Å². The standard InChI is InChI=1S/C15H14N2O/c1-10-13(9-16)15(18-3)17-11(2)14(10)12-7-5-4-6-8-12/h4-8H,1-3H3. The summed E-state index contributed by atoms with van der Waals surface area (Å²) in [4.78, 5) is 4.35. The van der Waals surface area contributed by atoms with E-state index in [2.05, 4.69) is 11.1 Å². The number of methoxy groups -OCH3 is 1. The molecular formula is C15H14N2O. The summed E-state index contributed by atoms with van der Waals surface area (Å²) in [6.45, 7) is 3.86. The van der Waals surface area contributed by atoms with Crippen molar-refractivity contribution >= 4 is 0 Å². The second-order valence-electron chi connectivity index (χ2n) is 4.06. The molecule has 0 spiro atoms. The van der Waals surface area contributed by atoms with Gasteiger partial charge in [-0.3, -0.25) is 0 Å².